The molecule has 0 radical (unpaired) electrons. The molecule has 23 heavy (non-hydrogen) atoms. The van der Waals surface area contributed by atoms with E-state index in [4.69, 9.17) is 10.2 Å². The number of carbonyl (C=O) groups is 1. The van der Waals surface area contributed by atoms with Crippen LogP contribution in [0.3, 0.4) is 0 Å². The Morgan fingerprint density at radius 2 is 1.74 bits per heavy atom. The Hall–Kier alpha value is -3.01. The van der Waals surface area contributed by atoms with Crippen molar-refractivity contribution in [2.24, 2.45) is 0 Å². The van der Waals surface area contributed by atoms with Crippen LogP contribution in [0.1, 0.15) is 28.6 Å². The Balaban J connectivity index is 1.85. The van der Waals surface area contributed by atoms with E-state index in [1.54, 1.807) is 12.1 Å². The molecule has 1 aromatic heterocycles. The summed E-state index contributed by atoms with van der Waals surface area (Å²) in [6, 6.07) is 20.6. The van der Waals surface area contributed by atoms with Crippen LogP contribution in [-0.2, 0) is 0 Å². The molecule has 0 saturated heterocycles. The maximum Gasteiger partial charge on any atom is 0.200 e. The predicted molar refractivity (Wildman–Crippen MR) is 91.3 cm³/mol. The Kier molecular flexibility index (Phi) is 4.43. The SMILES string of the molecule is Nc1ccccc1NC(CC(=O)c1ccco1)c1ccccc1. The summed E-state index contributed by atoms with van der Waals surface area (Å²) >= 11 is 0. The van der Waals surface area contributed by atoms with Crippen LogP contribution in [0.25, 0.3) is 0 Å². The van der Waals surface area contributed by atoms with E-state index >= 15 is 0 Å². The van der Waals surface area contributed by atoms with Crippen molar-refractivity contribution in [3.63, 3.8) is 0 Å². The van der Waals surface area contributed by atoms with Gasteiger partial charge in [0, 0.05) is 6.42 Å². The lowest BCUT2D eigenvalue weighted by Crippen LogP contribution is -2.16. The minimum absolute atomic E-state index is 0.0501. The van der Waals surface area contributed by atoms with Crippen molar-refractivity contribution in [2.45, 2.75) is 12.5 Å². The van der Waals surface area contributed by atoms with Gasteiger partial charge in [-0.15, -0.1) is 0 Å². The molecule has 1 heterocycles. The molecule has 4 heteroatoms. The van der Waals surface area contributed by atoms with E-state index in [1.165, 1.54) is 6.26 Å². The number of nitrogen functional groups attached to an aromatic ring is 1. The van der Waals surface area contributed by atoms with Crippen LogP contribution in [0.2, 0.25) is 0 Å². The minimum atomic E-state index is -0.182. The van der Waals surface area contributed by atoms with E-state index in [-0.39, 0.29) is 18.2 Å². The fraction of sp³-hybridized carbons (Fsp3) is 0.105. The van der Waals surface area contributed by atoms with E-state index < -0.39 is 0 Å². The Morgan fingerprint density at radius 3 is 2.43 bits per heavy atom. The zero-order chi connectivity index (χ0) is 16.1. The van der Waals surface area contributed by atoms with Crippen LogP contribution in [0.4, 0.5) is 11.4 Å². The second kappa shape index (κ2) is 6.83. The second-order valence-corrected chi connectivity index (χ2v) is 5.30. The summed E-state index contributed by atoms with van der Waals surface area (Å²) < 4.78 is 5.20. The van der Waals surface area contributed by atoms with Gasteiger partial charge in [0.2, 0.25) is 0 Å². The average Bonchev–Trinajstić information content (AvgIpc) is 3.11. The highest BCUT2D eigenvalue weighted by molar-refractivity contribution is 5.94. The first-order valence-electron chi connectivity index (χ1n) is 7.47. The number of rotatable bonds is 6. The third-order valence-electron chi connectivity index (χ3n) is 3.68. The summed E-state index contributed by atoms with van der Waals surface area (Å²) in [7, 11) is 0. The van der Waals surface area contributed by atoms with Gasteiger partial charge in [0.25, 0.3) is 0 Å². The van der Waals surface area contributed by atoms with Crippen molar-refractivity contribution < 1.29 is 9.21 Å². The highest BCUT2D eigenvalue weighted by Crippen LogP contribution is 2.27. The summed E-state index contributed by atoms with van der Waals surface area (Å²) in [5, 5.41) is 3.37. The maximum absolute atomic E-state index is 12.4. The van der Waals surface area contributed by atoms with Crippen LogP contribution in [0.15, 0.2) is 77.4 Å². The highest BCUT2D eigenvalue weighted by atomic mass is 16.3. The standard InChI is InChI=1S/C19H18N2O2/c20-15-9-4-5-10-16(15)21-17(14-7-2-1-3-8-14)13-18(22)19-11-6-12-23-19/h1-12,17,21H,13,20H2. The third kappa shape index (κ3) is 3.61. The van der Waals surface area contributed by atoms with Gasteiger partial charge >= 0.3 is 0 Å². The number of Topliss-reactive ketones (excluding diaryl/α,β-unsaturated/α-hetero) is 1. The second-order valence-electron chi connectivity index (χ2n) is 5.30. The van der Waals surface area contributed by atoms with Crippen LogP contribution < -0.4 is 11.1 Å². The first-order chi connectivity index (χ1) is 11.2. The number of furan rings is 1. The largest absolute Gasteiger partial charge is 0.461 e. The number of nitrogens with two attached hydrogens (primary N) is 1. The van der Waals surface area contributed by atoms with E-state index in [2.05, 4.69) is 5.32 Å². The van der Waals surface area contributed by atoms with Gasteiger partial charge in [-0.3, -0.25) is 4.79 Å². The molecule has 0 amide bonds. The van der Waals surface area contributed by atoms with Crippen molar-refractivity contribution in [2.75, 3.05) is 11.1 Å². The number of para-hydroxylation sites is 2. The zero-order valence-corrected chi connectivity index (χ0v) is 12.6. The van der Waals surface area contributed by atoms with Gasteiger partial charge in [-0.1, -0.05) is 42.5 Å². The summed E-state index contributed by atoms with van der Waals surface area (Å²) in [4.78, 5) is 12.4. The predicted octanol–water partition coefficient (Wildman–Crippen LogP) is 4.29. The maximum atomic E-state index is 12.4. The van der Waals surface area contributed by atoms with E-state index in [0.717, 1.165) is 11.3 Å². The van der Waals surface area contributed by atoms with Crippen LogP contribution in [0, 0.1) is 0 Å². The van der Waals surface area contributed by atoms with Gasteiger partial charge in [-0.25, -0.2) is 0 Å². The Labute approximate surface area is 134 Å². The van der Waals surface area contributed by atoms with Crippen LogP contribution in [0.5, 0.6) is 0 Å². The van der Waals surface area contributed by atoms with Gasteiger partial charge in [-0.2, -0.15) is 0 Å². The lowest BCUT2D eigenvalue weighted by atomic mass is 10.00. The Bertz CT molecular complexity index is 767. The molecule has 0 saturated carbocycles. The van der Waals surface area contributed by atoms with E-state index in [0.29, 0.717) is 11.4 Å². The highest BCUT2D eigenvalue weighted by Gasteiger charge is 2.19. The first kappa shape index (κ1) is 14.9. The molecule has 0 fully saturated rings. The fourth-order valence-corrected chi connectivity index (χ4v) is 2.48. The number of benzene rings is 2. The molecule has 3 aromatic rings. The van der Waals surface area contributed by atoms with Crippen molar-refractivity contribution in [1.82, 2.24) is 0 Å². The quantitative estimate of drug-likeness (QED) is 0.526. The van der Waals surface area contributed by atoms with Gasteiger partial charge < -0.3 is 15.5 Å². The molecule has 0 spiro atoms. The topological polar surface area (TPSA) is 68.3 Å². The monoisotopic (exact) mass is 306 g/mol. The third-order valence-corrected chi connectivity index (χ3v) is 3.68. The molecule has 1 atom stereocenters. The number of hydrogen-bond donors (Lipinski definition) is 2. The molecular formula is C19H18N2O2. The fourth-order valence-electron chi connectivity index (χ4n) is 2.48. The molecule has 0 aliphatic heterocycles. The molecule has 116 valence electrons. The summed E-state index contributed by atoms with van der Waals surface area (Å²) in [6.07, 6.45) is 1.79. The molecule has 3 rings (SSSR count). The smallest absolute Gasteiger partial charge is 0.200 e. The summed E-state index contributed by atoms with van der Waals surface area (Å²) in [5.41, 5.74) is 8.50. The summed E-state index contributed by atoms with van der Waals surface area (Å²) in [6.45, 7) is 0. The lowest BCUT2D eigenvalue weighted by molar-refractivity contribution is 0.0949. The minimum Gasteiger partial charge on any atom is -0.461 e. The first-order valence-corrected chi connectivity index (χ1v) is 7.47. The molecule has 1 unspecified atom stereocenters. The van der Waals surface area contributed by atoms with Crippen molar-refractivity contribution in [3.05, 3.63) is 84.3 Å². The number of anilines is 2. The van der Waals surface area contributed by atoms with Crippen LogP contribution >= 0.6 is 0 Å². The zero-order valence-electron chi connectivity index (χ0n) is 12.6. The molecule has 0 aliphatic rings. The number of ketones is 1. The summed E-state index contributed by atoms with van der Waals surface area (Å²) in [5.74, 6) is 0.319. The van der Waals surface area contributed by atoms with Crippen LogP contribution in [-0.4, -0.2) is 5.78 Å². The van der Waals surface area contributed by atoms with Gasteiger partial charge in [0.1, 0.15) is 0 Å². The lowest BCUT2D eigenvalue weighted by Gasteiger charge is -2.20. The molecule has 4 nitrogen and oxygen atoms in total. The number of hydrogen-bond acceptors (Lipinski definition) is 4. The van der Waals surface area contributed by atoms with Crippen molar-refractivity contribution >= 4 is 17.2 Å². The van der Waals surface area contributed by atoms with Gasteiger partial charge in [0.05, 0.1) is 23.7 Å². The van der Waals surface area contributed by atoms with Gasteiger partial charge in [0.15, 0.2) is 11.5 Å². The van der Waals surface area contributed by atoms with Crippen molar-refractivity contribution in [1.29, 1.82) is 0 Å². The van der Waals surface area contributed by atoms with Gasteiger partial charge in [-0.05, 0) is 29.8 Å². The normalized spacial score (nSPS) is 11.8. The average molecular weight is 306 g/mol. The molecular weight excluding hydrogens is 288 g/mol. The number of nitrogens with one attached hydrogen (secondary N) is 1. The number of carbonyl (C=O) groups excluding carboxylic acids is 1. The van der Waals surface area contributed by atoms with E-state index in [1.807, 2.05) is 54.6 Å². The molecule has 3 N–H and O–H groups in total. The molecule has 0 bridgehead atoms. The van der Waals surface area contributed by atoms with E-state index in [9.17, 15) is 4.79 Å². The molecule has 0 aliphatic carbocycles. The molecule has 2 aromatic carbocycles. The Morgan fingerprint density at radius 1 is 1.00 bits per heavy atom. The van der Waals surface area contributed by atoms with Crippen molar-refractivity contribution in [3.8, 4) is 0 Å².